The topological polar surface area (TPSA) is 64.4 Å². The molecule has 0 bridgehead atoms. The molecule has 3 rings (SSSR count). The molecular formula is C22H23N3O2S. The fourth-order valence-electron chi connectivity index (χ4n) is 3.14. The molecule has 0 amide bonds. The summed E-state index contributed by atoms with van der Waals surface area (Å²) in [6, 6.07) is 22.2. The van der Waals surface area contributed by atoms with Crippen LogP contribution < -0.4 is 0 Å². The predicted octanol–water partition coefficient (Wildman–Crippen LogP) is 3.46. The Morgan fingerprint density at radius 1 is 0.893 bits per heavy atom. The number of nitriles is 1. The Balaban J connectivity index is 2.05. The Bertz CT molecular complexity index is 1110. The van der Waals surface area contributed by atoms with Gasteiger partial charge in [-0.3, -0.25) is 0 Å². The minimum absolute atomic E-state index is 0.0523. The molecule has 0 aliphatic rings. The van der Waals surface area contributed by atoms with Crippen LogP contribution in [-0.4, -0.2) is 44.8 Å². The molecule has 0 unspecified atom stereocenters. The van der Waals surface area contributed by atoms with Gasteiger partial charge < -0.3 is 4.90 Å². The van der Waals surface area contributed by atoms with E-state index in [1.807, 2.05) is 67.5 Å². The second-order valence-electron chi connectivity index (χ2n) is 6.89. The molecule has 0 atom stereocenters. The molecule has 28 heavy (non-hydrogen) atoms. The second-order valence-corrected chi connectivity index (χ2v) is 8.79. The van der Waals surface area contributed by atoms with Gasteiger partial charge in [0, 0.05) is 19.6 Å². The largest absolute Gasteiger partial charge is 0.308 e. The van der Waals surface area contributed by atoms with Crippen molar-refractivity contribution in [2.75, 3.05) is 27.2 Å². The second kappa shape index (κ2) is 8.53. The lowest BCUT2D eigenvalue weighted by molar-refractivity contribution is 0.330. The maximum Gasteiger partial charge on any atom is 0.244 e. The van der Waals surface area contributed by atoms with Crippen LogP contribution in [-0.2, 0) is 16.6 Å². The van der Waals surface area contributed by atoms with Crippen LogP contribution in [0, 0.1) is 11.3 Å². The van der Waals surface area contributed by atoms with Crippen LogP contribution in [0.2, 0.25) is 0 Å². The van der Waals surface area contributed by atoms with Gasteiger partial charge in [0.15, 0.2) is 0 Å². The van der Waals surface area contributed by atoms with Gasteiger partial charge >= 0.3 is 0 Å². The summed E-state index contributed by atoms with van der Waals surface area (Å²) in [7, 11) is -0.00483. The zero-order valence-corrected chi connectivity index (χ0v) is 16.9. The van der Waals surface area contributed by atoms with Gasteiger partial charge in [0.05, 0.1) is 10.5 Å². The molecule has 0 spiro atoms. The molecule has 5 nitrogen and oxygen atoms in total. The Hall–Kier alpha value is -2.72. The summed E-state index contributed by atoms with van der Waals surface area (Å²) in [4.78, 5) is 2.00. The lowest BCUT2D eigenvalue weighted by Gasteiger charge is -2.25. The Morgan fingerprint density at radius 2 is 1.57 bits per heavy atom. The van der Waals surface area contributed by atoms with Gasteiger partial charge in [-0.2, -0.15) is 9.57 Å². The van der Waals surface area contributed by atoms with Crippen molar-refractivity contribution in [1.29, 1.82) is 5.26 Å². The zero-order chi connectivity index (χ0) is 20.1. The lowest BCUT2D eigenvalue weighted by atomic mass is 10.0. The van der Waals surface area contributed by atoms with E-state index in [2.05, 4.69) is 0 Å². The van der Waals surface area contributed by atoms with Crippen LogP contribution in [0.3, 0.4) is 0 Å². The minimum atomic E-state index is -3.82. The van der Waals surface area contributed by atoms with Crippen LogP contribution in [0.25, 0.3) is 10.8 Å². The molecule has 3 aromatic carbocycles. The van der Waals surface area contributed by atoms with E-state index < -0.39 is 10.0 Å². The molecule has 0 N–H and O–H groups in total. The highest BCUT2D eigenvalue weighted by molar-refractivity contribution is 7.89. The Kier molecular flexibility index (Phi) is 6.10. The van der Waals surface area contributed by atoms with Crippen LogP contribution in [0.1, 0.15) is 11.1 Å². The molecule has 0 aliphatic heterocycles. The number of fused-ring (bicyclic) bond motifs is 1. The number of sulfonamides is 1. The number of hydrogen-bond donors (Lipinski definition) is 0. The van der Waals surface area contributed by atoms with E-state index in [9.17, 15) is 13.7 Å². The number of benzene rings is 3. The SMILES string of the molecule is CN(C)CCN(Cc1cccc2ccccc12)S(=O)(=O)c1ccccc1C#N. The highest BCUT2D eigenvalue weighted by Gasteiger charge is 2.27. The van der Waals surface area contributed by atoms with Crippen molar-refractivity contribution in [1.82, 2.24) is 9.21 Å². The number of hydrogen-bond acceptors (Lipinski definition) is 4. The van der Waals surface area contributed by atoms with Gasteiger partial charge in [0.2, 0.25) is 10.0 Å². The molecule has 0 heterocycles. The maximum absolute atomic E-state index is 13.4. The highest BCUT2D eigenvalue weighted by atomic mass is 32.2. The van der Waals surface area contributed by atoms with E-state index in [0.717, 1.165) is 16.3 Å². The molecule has 0 aromatic heterocycles. The monoisotopic (exact) mass is 393 g/mol. The van der Waals surface area contributed by atoms with Crippen molar-refractivity contribution in [3.05, 3.63) is 77.9 Å². The van der Waals surface area contributed by atoms with Gasteiger partial charge in [-0.25, -0.2) is 8.42 Å². The van der Waals surface area contributed by atoms with Crippen molar-refractivity contribution in [2.24, 2.45) is 0 Å². The maximum atomic E-state index is 13.4. The summed E-state index contributed by atoms with van der Waals surface area (Å²) < 4.78 is 28.3. The summed E-state index contributed by atoms with van der Waals surface area (Å²) in [6.07, 6.45) is 0. The third-order valence-electron chi connectivity index (χ3n) is 4.65. The standard InChI is InChI=1S/C22H23N3O2S/c1-24(2)14-15-25(28(26,27)22-13-6-4-9-19(22)16-23)17-20-11-7-10-18-8-3-5-12-21(18)20/h3-13H,14-15,17H2,1-2H3. The fourth-order valence-corrected chi connectivity index (χ4v) is 4.69. The van der Waals surface area contributed by atoms with Gasteiger partial charge in [0.1, 0.15) is 6.07 Å². The third kappa shape index (κ3) is 4.23. The fraction of sp³-hybridized carbons (Fsp3) is 0.227. The molecule has 0 radical (unpaired) electrons. The van der Waals surface area contributed by atoms with Crippen molar-refractivity contribution < 1.29 is 8.42 Å². The summed E-state index contributed by atoms with van der Waals surface area (Å²) >= 11 is 0. The number of nitrogens with zero attached hydrogens (tertiary/aromatic N) is 3. The van der Waals surface area contributed by atoms with Gasteiger partial charge in [0.25, 0.3) is 0 Å². The summed E-state index contributed by atoms with van der Waals surface area (Å²) in [5.41, 5.74) is 1.10. The van der Waals surface area contributed by atoms with Crippen LogP contribution in [0.15, 0.2) is 71.6 Å². The van der Waals surface area contributed by atoms with Gasteiger partial charge in [-0.15, -0.1) is 0 Å². The van der Waals surface area contributed by atoms with E-state index in [0.29, 0.717) is 13.1 Å². The van der Waals surface area contributed by atoms with E-state index in [1.165, 1.54) is 16.4 Å². The summed E-state index contributed by atoms with van der Waals surface area (Å²) in [6.45, 7) is 1.16. The molecule has 6 heteroatoms. The smallest absolute Gasteiger partial charge is 0.244 e. The van der Waals surface area contributed by atoms with E-state index in [4.69, 9.17) is 0 Å². The highest BCUT2D eigenvalue weighted by Crippen LogP contribution is 2.25. The average molecular weight is 394 g/mol. The Morgan fingerprint density at radius 3 is 2.32 bits per heavy atom. The first-order chi connectivity index (χ1) is 13.4. The Labute approximate surface area is 166 Å². The summed E-state index contributed by atoms with van der Waals surface area (Å²) in [5, 5.41) is 11.5. The third-order valence-corrected chi connectivity index (χ3v) is 6.55. The van der Waals surface area contributed by atoms with Crippen molar-refractivity contribution in [3.63, 3.8) is 0 Å². The van der Waals surface area contributed by atoms with Crippen molar-refractivity contribution >= 4 is 20.8 Å². The average Bonchev–Trinajstić information content (AvgIpc) is 2.70. The first kappa shape index (κ1) is 20.0. The molecule has 0 aliphatic carbocycles. The van der Waals surface area contributed by atoms with Crippen LogP contribution >= 0.6 is 0 Å². The normalized spacial score (nSPS) is 11.8. The number of likely N-dealkylation sites (N-methyl/N-ethyl adjacent to an activating group) is 1. The van der Waals surface area contributed by atoms with E-state index in [1.54, 1.807) is 12.1 Å². The van der Waals surface area contributed by atoms with Gasteiger partial charge in [-0.1, -0.05) is 54.6 Å². The molecular weight excluding hydrogens is 370 g/mol. The predicted molar refractivity (Wildman–Crippen MR) is 111 cm³/mol. The van der Waals surface area contributed by atoms with Crippen molar-refractivity contribution in [3.8, 4) is 6.07 Å². The van der Waals surface area contributed by atoms with E-state index in [-0.39, 0.29) is 17.0 Å². The first-order valence-corrected chi connectivity index (χ1v) is 10.5. The zero-order valence-electron chi connectivity index (χ0n) is 16.0. The summed E-state index contributed by atoms with van der Waals surface area (Å²) in [5.74, 6) is 0. The first-order valence-electron chi connectivity index (χ1n) is 9.04. The lowest BCUT2D eigenvalue weighted by Crippen LogP contribution is -2.36. The molecule has 0 fully saturated rings. The minimum Gasteiger partial charge on any atom is -0.308 e. The molecule has 144 valence electrons. The quantitative estimate of drug-likeness (QED) is 0.617. The van der Waals surface area contributed by atoms with Crippen LogP contribution in [0.5, 0.6) is 0 Å². The molecule has 0 saturated carbocycles. The van der Waals surface area contributed by atoms with Gasteiger partial charge in [-0.05, 0) is 42.6 Å². The number of rotatable bonds is 7. The van der Waals surface area contributed by atoms with Crippen molar-refractivity contribution in [2.45, 2.75) is 11.4 Å². The van der Waals surface area contributed by atoms with Crippen LogP contribution in [0.4, 0.5) is 0 Å². The molecule has 3 aromatic rings. The molecule has 0 saturated heterocycles. The van der Waals surface area contributed by atoms with E-state index >= 15 is 0 Å².